The van der Waals surface area contributed by atoms with Gasteiger partial charge in [-0.05, 0) is 64.2 Å². The number of aliphatic hydroxyl groups is 2. The van der Waals surface area contributed by atoms with Crippen LogP contribution in [0.1, 0.15) is 97.3 Å². The zero-order valence-corrected chi connectivity index (χ0v) is 24.6. The minimum Gasteiger partial charge on any atom is -0.394 e. The lowest BCUT2D eigenvalue weighted by Crippen LogP contribution is -2.44. The maximum absolute atomic E-state index is 12.2. The van der Waals surface area contributed by atoms with E-state index in [-0.39, 0.29) is 18.9 Å². The Morgan fingerprint density at radius 1 is 0.641 bits per heavy atom. The molecular weight excluding hydrogens is 482 g/mol. The van der Waals surface area contributed by atoms with Gasteiger partial charge in [-0.15, -0.1) is 0 Å². The summed E-state index contributed by atoms with van der Waals surface area (Å²) in [5.41, 5.74) is 0. The van der Waals surface area contributed by atoms with Crippen LogP contribution >= 0.6 is 0 Å². The van der Waals surface area contributed by atoms with E-state index in [0.717, 1.165) is 57.8 Å². The van der Waals surface area contributed by atoms with E-state index in [9.17, 15) is 15.0 Å². The van der Waals surface area contributed by atoms with Crippen molar-refractivity contribution in [2.24, 2.45) is 0 Å². The van der Waals surface area contributed by atoms with Crippen molar-refractivity contribution >= 4 is 5.91 Å². The third-order valence-electron chi connectivity index (χ3n) is 5.81. The number of hydrogen-bond donors (Lipinski definition) is 3. The van der Waals surface area contributed by atoms with Crippen LogP contribution in [0.2, 0.25) is 0 Å². The molecule has 2 unspecified atom stereocenters. The smallest absolute Gasteiger partial charge is 0.224 e. The summed E-state index contributed by atoms with van der Waals surface area (Å²) in [4.78, 5) is 12.2. The molecule has 4 nitrogen and oxygen atoms in total. The van der Waals surface area contributed by atoms with Crippen LogP contribution in [-0.2, 0) is 4.79 Å². The van der Waals surface area contributed by atoms with Crippen molar-refractivity contribution in [2.75, 3.05) is 6.61 Å². The van der Waals surface area contributed by atoms with Crippen LogP contribution in [0.3, 0.4) is 0 Å². The highest BCUT2D eigenvalue weighted by Crippen LogP contribution is 2.03. The molecule has 0 radical (unpaired) electrons. The molecule has 0 aromatic carbocycles. The molecule has 0 saturated heterocycles. The molecule has 0 aliphatic rings. The van der Waals surface area contributed by atoms with Crippen molar-refractivity contribution in [1.82, 2.24) is 5.32 Å². The highest BCUT2D eigenvalue weighted by molar-refractivity contribution is 5.77. The van der Waals surface area contributed by atoms with Crippen molar-refractivity contribution < 1.29 is 15.0 Å². The zero-order chi connectivity index (χ0) is 28.7. The van der Waals surface area contributed by atoms with E-state index in [1.165, 1.54) is 19.3 Å². The molecule has 218 valence electrons. The molecule has 0 aliphatic carbocycles. The summed E-state index contributed by atoms with van der Waals surface area (Å²) in [7, 11) is 0. The Kier molecular flexibility index (Phi) is 27.8. The van der Waals surface area contributed by atoms with Gasteiger partial charge in [0.05, 0.1) is 18.8 Å². The maximum atomic E-state index is 12.2. The van der Waals surface area contributed by atoms with Crippen LogP contribution in [-0.4, -0.2) is 34.9 Å². The molecule has 0 rings (SSSR count). The molecule has 1 amide bonds. The standard InChI is InChI=1S/C35H55NO3/c1-3-5-7-9-11-13-15-17-18-19-21-23-25-27-29-31-35(39)36-33(32-37)34(38)30-28-26-24-22-20-16-14-12-10-8-6-4-2/h5,7,10-13,17-18,20-23,27-30,33-34,37-38H,3-4,6,8-9,14-16,19,24-26,31-32H2,1-2H3,(H,36,39)/b7-5-,12-10+,13-11-,18-17-,22-20+,23-21-,29-27-,30-28+. The largest absolute Gasteiger partial charge is 0.394 e. The number of unbranched alkanes of at least 4 members (excludes halogenated alkanes) is 4. The van der Waals surface area contributed by atoms with E-state index in [1.54, 1.807) is 6.08 Å². The fraction of sp³-hybridized carbons (Fsp3) is 0.514. The summed E-state index contributed by atoms with van der Waals surface area (Å²) in [6, 6.07) is -0.702. The Morgan fingerprint density at radius 3 is 1.59 bits per heavy atom. The first-order valence-corrected chi connectivity index (χ1v) is 15.0. The quantitative estimate of drug-likeness (QED) is 0.0855. The molecule has 0 saturated carbocycles. The second kappa shape index (κ2) is 29.9. The molecule has 3 N–H and O–H groups in total. The van der Waals surface area contributed by atoms with Gasteiger partial charge in [0.25, 0.3) is 0 Å². The Labute approximate surface area is 239 Å². The highest BCUT2D eigenvalue weighted by Gasteiger charge is 2.17. The van der Waals surface area contributed by atoms with Crippen molar-refractivity contribution in [3.8, 4) is 0 Å². The van der Waals surface area contributed by atoms with Gasteiger partial charge < -0.3 is 15.5 Å². The highest BCUT2D eigenvalue weighted by atomic mass is 16.3. The number of amides is 1. The monoisotopic (exact) mass is 537 g/mol. The Hall–Kier alpha value is -2.69. The number of allylic oxidation sites excluding steroid dienone is 14. The lowest BCUT2D eigenvalue weighted by Gasteiger charge is -2.19. The summed E-state index contributed by atoms with van der Waals surface area (Å²) < 4.78 is 0. The van der Waals surface area contributed by atoms with Gasteiger partial charge in [0.15, 0.2) is 0 Å². The molecule has 0 fully saturated rings. The van der Waals surface area contributed by atoms with E-state index in [1.807, 2.05) is 18.2 Å². The Balaban J connectivity index is 4.00. The van der Waals surface area contributed by atoms with Crippen LogP contribution in [0.5, 0.6) is 0 Å². The minimum atomic E-state index is -0.912. The predicted molar refractivity (Wildman–Crippen MR) is 170 cm³/mol. The fourth-order valence-corrected chi connectivity index (χ4v) is 3.49. The number of carbonyl (C=O) groups is 1. The lowest BCUT2D eigenvalue weighted by molar-refractivity contribution is -0.122. The van der Waals surface area contributed by atoms with Crippen molar-refractivity contribution in [2.45, 2.75) is 109 Å². The van der Waals surface area contributed by atoms with Gasteiger partial charge >= 0.3 is 0 Å². The molecule has 2 atom stereocenters. The van der Waals surface area contributed by atoms with Gasteiger partial charge in [-0.3, -0.25) is 4.79 Å². The summed E-state index contributed by atoms with van der Waals surface area (Å²) in [5.74, 6) is -0.213. The molecular formula is C35H55NO3. The van der Waals surface area contributed by atoms with Crippen molar-refractivity contribution in [3.05, 3.63) is 97.2 Å². The molecule has 0 aromatic heterocycles. The van der Waals surface area contributed by atoms with Gasteiger partial charge in [-0.2, -0.15) is 0 Å². The zero-order valence-electron chi connectivity index (χ0n) is 24.6. The fourth-order valence-electron chi connectivity index (χ4n) is 3.49. The summed E-state index contributed by atoms with van der Waals surface area (Å²) in [6.45, 7) is 4.04. The van der Waals surface area contributed by atoms with Crippen molar-refractivity contribution in [1.29, 1.82) is 0 Å². The summed E-state index contributed by atoms with van der Waals surface area (Å²) >= 11 is 0. The molecule has 0 bridgehead atoms. The predicted octanol–water partition coefficient (Wildman–Crippen LogP) is 8.39. The van der Waals surface area contributed by atoms with Gasteiger partial charge in [0, 0.05) is 6.42 Å². The lowest BCUT2D eigenvalue weighted by atomic mass is 10.1. The average molecular weight is 538 g/mol. The van der Waals surface area contributed by atoms with E-state index in [0.29, 0.717) is 0 Å². The van der Waals surface area contributed by atoms with Gasteiger partial charge in [-0.1, -0.05) is 124 Å². The van der Waals surface area contributed by atoms with Crippen LogP contribution < -0.4 is 5.32 Å². The van der Waals surface area contributed by atoms with Gasteiger partial charge in [0.2, 0.25) is 5.91 Å². The molecule has 4 heteroatoms. The van der Waals surface area contributed by atoms with E-state index < -0.39 is 12.1 Å². The second-order valence-corrected chi connectivity index (χ2v) is 9.43. The third kappa shape index (κ3) is 26.7. The van der Waals surface area contributed by atoms with Gasteiger partial charge in [0.1, 0.15) is 0 Å². The van der Waals surface area contributed by atoms with Crippen LogP contribution in [0.25, 0.3) is 0 Å². The SMILES string of the molecule is CC/C=C\C/C=C\C/C=C\C/C=C\C/C=C\CC(=O)NC(CO)C(O)/C=C/CC/C=C/CC/C=C/CCCC. The number of carbonyl (C=O) groups excluding carboxylic acids is 1. The van der Waals surface area contributed by atoms with E-state index in [4.69, 9.17) is 0 Å². The first-order valence-electron chi connectivity index (χ1n) is 15.0. The molecule has 0 spiro atoms. The molecule has 39 heavy (non-hydrogen) atoms. The average Bonchev–Trinajstić information content (AvgIpc) is 2.94. The molecule has 0 heterocycles. The van der Waals surface area contributed by atoms with Crippen LogP contribution in [0.15, 0.2) is 97.2 Å². The summed E-state index contributed by atoms with van der Waals surface area (Å²) in [6.07, 6.45) is 45.0. The third-order valence-corrected chi connectivity index (χ3v) is 5.81. The van der Waals surface area contributed by atoms with Crippen LogP contribution in [0, 0.1) is 0 Å². The number of nitrogens with one attached hydrogen (secondary N) is 1. The normalized spacial score (nSPS) is 14.7. The van der Waals surface area contributed by atoms with Crippen molar-refractivity contribution in [3.63, 3.8) is 0 Å². The maximum Gasteiger partial charge on any atom is 0.224 e. The first-order chi connectivity index (χ1) is 19.2. The second-order valence-electron chi connectivity index (χ2n) is 9.43. The number of rotatable bonds is 24. The van der Waals surface area contributed by atoms with Gasteiger partial charge in [-0.25, -0.2) is 0 Å². The minimum absolute atomic E-state index is 0.213. The number of hydrogen-bond acceptors (Lipinski definition) is 3. The van der Waals surface area contributed by atoms with E-state index in [2.05, 4.69) is 92.1 Å². The Morgan fingerprint density at radius 2 is 1.10 bits per heavy atom. The van der Waals surface area contributed by atoms with Crippen LogP contribution in [0.4, 0.5) is 0 Å². The molecule has 0 aliphatic heterocycles. The topological polar surface area (TPSA) is 69.6 Å². The Bertz CT molecular complexity index is 799. The van der Waals surface area contributed by atoms with E-state index >= 15 is 0 Å². The molecule has 0 aromatic rings. The number of aliphatic hydroxyl groups excluding tert-OH is 2. The first kappa shape index (κ1) is 36.3. The summed E-state index contributed by atoms with van der Waals surface area (Å²) in [5, 5.41) is 22.6.